The number of nitrogens with one attached hydrogen (secondary N) is 1. The minimum atomic E-state index is 0.198. The van der Waals surface area contributed by atoms with Gasteiger partial charge in [-0.15, -0.1) is 0 Å². The Labute approximate surface area is 73.7 Å². The van der Waals surface area contributed by atoms with E-state index in [1.807, 2.05) is 0 Å². The average molecular weight is 171 g/mol. The topological polar surface area (TPSA) is 30.5 Å². The molecule has 3 heteroatoms. The van der Waals surface area contributed by atoms with Crippen molar-refractivity contribution in [1.82, 2.24) is 5.32 Å². The molecule has 3 nitrogen and oxygen atoms in total. The molecule has 0 radical (unpaired) electrons. The molecule has 1 saturated heterocycles. The van der Waals surface area contributed by atoms with Crippen LogP contribution in [0.1, 0.15) is 20.3 Å². The summed E-state index contributed by atoms with van der Waals surface area (Å²) < 4.78 is 10.7. The minimum absolute atomic E-state index is 0.198. The molecule has 0 amide bonds. The summed E-state index contributed by atoms with van der Waals surface area (Å²) >= 11 is 0. The largest absolute Gasteiger partial charge is 0.474 e. The van der Waals surface area contributed by atoms with Gasteiger partial charge in [0.2, 0.25) is 0 Å². The predicted octanol–water partition coefficient (Wildman–Crippen LogP) is 1.26. The summed E-state index contributed by atoms with van der Waals surface area (Å²) in [6.45, 7) is 9.38. The lowest BCUT2D eigenvalue weighted by Crippen LogP contribution is -2.26. The van der Waals surface area contributed by atoms with Gasteiger partial charge in [0.25, 0.3) is 0 Å². The molecule has 1 N–H and O–H groups in total. The molecule has 1 aliphatic heterocycles. The molecule has 0 saturated carbocycles. The lowest BCUT2D eigenvalue weighted by molar-refractivity contribution is 0.0804. The van der Waals surface area contributed by atoms with Gasteiger partial charge in [-0.3, -0.25) is 0 Å². The van der Waals surface area contributed by atoms with Crippen LogP contribution in [0.15, 0.2) is 12.5 Å². The van der Waals surface area contributed by atoms with Gasteiger partial charge in [-0.1, -0.05) is 0 Å². The fourth-order valence-electron chi connectivity index (χ4n) is 1.16. The average Bonchev–Trinajstić information content (AvgIpc) is 2.37. The first-order valence-electron chi connectivity index (χ1n) is 4.38. The fraction of sp³-hybridized carbons (Fsp3) is 0.778. The van der Waals surface area contributed by atoms with Crippen LogP contribution in [0.5, 0.6) is 0 Å². The Bertz CT molecular complexity index is 151. The molecule has 12 heavy (non-hydrogen) atoms. The first-order valence-corrected chi connectivity index (χ1v) is 4.38. The van der Waals surface area contributed by atoms with E-state index >= 15 is 0 Å². The second-order valence-electron chi connectivity index (χ2n) is 3.33. The second-order valence-corrected chi connectivity index (χ2v) is 3.33. The van der Waals surface area contributed by atoms with Gasteiger partial charge in [0.15, 0.2) is 5.88 Å². The third kappa shape index (κ3) is 3.13. The maximum atomic E-state index is 5.49. The molecule has 0 aromatic heterocycles. The van der Waals surface area contributed by atoms with Gasteiger partial charge in [-0.2, -0.15) is 0 Å². The Morgan fingerprint density at radius 2 is 2.42 bits per heavy atom. The van der Waals surface area contributed by atoms with Crippen molar-refractivity contribution in [3.8, 4) is 0 Å². The quantitative estimate of drug-likeness (QED) is 0.646. The maximum Gasteiger partial charge on any atom is 0.179 e. The monoisotopic (exact) mass is 171 g/mol. The van der Waals surface area contributed by atoms with Crippen LogP contribution in [-0.4, -0.2) is 25.4 Å². The highest BCUT2D eigenvalue weighted by Crippen LogP contribution is 2.10. The summed E-state index contributed by atoms with van der Waals surface area (Å²) in [5, 5.41) is 3.10. The highest BCUT2D eigenvalue weighted by Gasteiger charge is 2.17. The zero-order chi connectivity index (χ0) is 8.97. The number of hydrogen-bond acceptors (Lipinski definition) is 3. The molecule has 1 rings (SSSR count). The zero-order valence-corrected chi connectivity index (χ0v) is 7.80. The predicted molar refractivity (Wildman–Crippen MR) is 47.7 cm³/mol. The van der Waals surface area contributed by atoms with Gasteiger partial charge in [0, 0.05) is 12.5 Å². The summed E-state index contributed by atoms with van der Waals surface area (Å²) in [5.41, 5.74) is 0. The van der Waals surface area contributed by atoms with Crippen molar-refractivity contribution in [2.45, 2.75) is 32.4 Å². The summed E-state index contributed by atoms with van der Waals surface area (Å²) in [6, 6.07) is 0.375. The smallest absolute Gasteiger partial charge is 0.179 e. The van der Waals surface area contributed by atoms with Crippen LogP contribution < -0.4 is 5.32 Å². The molecule has 1 fully saturated rings. The van der Waals surface area contributed by atoms with Crippen LogP contribution in [0.25, 0.3) is 0 Å². The van der Waals surface area contributed by atoms with Gasteiger partial charge in [-0.25, -0.2) is 0 Å². The zero-order valence-electron chi connectivity index (χ0n) is 7.80. The van der Waals surface area contributed by atoms with E-state index in [0.29, 0.717) is 18.5 Å². The molecule has 1 heterocycles. The van der Waals surface area contributed by atoms with Crippen molar-refractivity contribution in [3.05, 3.63) is 12.5 Å². The third-order valence-electron chi connectivity index (χ3n) is 1.65. The van der Waals surface area contributed by atoms with E-state index in [0.717, 1.165) is 13.0 Å². The highest BCUT2D eigenvalue weighted by molar-refractivity contribution is 4.83. The normalized spacial score (nSPS) is 22.8. The number of hydrogen-bond donors (Lipinski definition) is 1. The molecular weight excluding hydrogens is 154 g/mol. The van der Waals surface area contributed by atoms with Gasteiger partial charge < -0.3 is 14.8 Å². The van der Waals surface area contributed by atoms with Crippen molar-refractivity contribution in [3.63, 3.8) is 0 Å². The fourth-order valence-corrected chi connectivity index (χ4v) is 1.16. The summed E-state index contributed by atoms with van der Waals surface area (Å²) in [5.74, 6) is 0.653. The Morgan fingerprint density at radius 3 is 2.92 bits per heavy atom. The Kier molecular flexibility index (Phi) is 3.41. The van der Waals surface area contributed by atoms with Crippen LogP contribution in [0, 0.1) is 0 Å². The van der Waals surface area contributed by atoms with E-state index in [4.69, 9.17) is 9.47 Å². The molecule has 0 spiro atoms. The SMILES string of the molecule is C=C(NC(C)C)OC1CCOC1. The van der Waals surface area contributed by atoms with E-state index in [1.54, 1.807) is 0 Å². The van der Waals surface area contributed by atoms with Crippen LogP contribution in [-0.2, 0) is 9.47 Å². The van der Waals surface area contributed by atoms with E-state index in [-0.39, 0.29) is 6.10 Å². The number of ether oxygens (including phenoxy) is 2. The molecule has 1 atom stereocenters. The van der Waals surface area contributed by atoms with Gasteiger partial charge in [0.05, 0.1) is 13.2 Å². The first kappa shape index (κ1) is 9.39. The molecule has 0 aliphatic carbocycles. The minimum Gasteiger partial charge on any atom is -0.474 e. The first-order chi connectivity index (χ1) is 5.68. The molecule has 1 aliphatic rings. The van der Waals surface area contributed by atoms with Crippen molar-refractivity contribution in [2.24, 2.45) is 0 Å². The molecule has 70 valence electrons. The van der Waals surface area contributed by atoms with Gasteiger partial charge in [-0.05, 0) is 20.4 Å². The van der Waals surface area contributed by atoms with Crippen LogP contribution in [0.2, 0.25) is 0 Å². The highest BCUT2D eigenvalue weighted by atomic mass is 16.6. The van der Waals surface area contributed by atoms with E-state index in [1.165, 1.54) is 0 Å². The van der Waals surface area contributed by atoms with Crippen molar-refractivity contribution >= 4 is 0 Å². The standard InChI is InChI=1S/C9H17NO2/c1-7(2)10-8(3)12-9-4-5-11-6-9/h7,9-10H,3-6H2,1-2H3. The van der Waals surface area contributed by atoms with E-state index < -0.39 is 0 Å². The van der Waals surface area contributed by atoms with Gasteiger partial charge in [0.1, 0.15) is 6.10 Å². The molecular formula is C9H17NO2. The lowest BCUT2D eigenvalue weighted by Gasteiger charge is -2.17. The van der Waals surface area contributed by atoms with Crippen LogP contribution in [0.3, 0.4) is 0 Å². The maximum absolute atomic E-state index is 5.49. The Balaban J connectivity index is 2.16. The Morgan fingerprint density at radius 1 is 1.67 bits per heavy atom. The molecule has 0 bridgehead atoms. The molecule has 0 aromatic rings. The van der Waals surface area contributed by atoms with Crippen LogP contribution >= 0.6 is 0 Å². The second kappa shape index (κ2) is 4.36. The summed E-state index contributed by atoms with van der Waals surface area (Å²) in [6.07, 6.45) is 1.17. The van der Waals surface area contributed by atoms with Crippen molar-refractivity contribution in [2.75, 3.05) is 13.2 Å². The lowest BCUT2D eigenvalue weighted by atomic mass is 10.3. The van der Waals surface area contributed by atoms with Gasteiger partial charge >= 0.3 is 0 Å². The Hall–Kier alpha value is -0.700. The summed E-state index contributed by atoms with van der Waals surface area (Å²) in [4.78, 5) is 0. The molecule has 1 unspecified atom stereocenters. The number of rotatable bonds is 4. The van der Waals surface area contributed by atoms with E-state index in [2.05, 4.69) is 25.7 Å². The third-order valence-corrected chi connectivity index (χ3v) is 1.65. The van der Waals surface area contributed by atoms with E-state index in [9.17, 15) is 0 Å². The molecule has 0 aromatic carbocycles. The van der Waals surface area contributed by atoms with Crippen molar-refractivity contribution in [1.29, 1.82) is 0 Å². The van der Waals surface area contributed by atoms with Crippen molar-refractivity contribution < 1.29 is 9.47 Å². The summed E-state index contributed by atoms with van der Waals surface area (Å²) in [7, 11) is 0. The van der Waals surface area contributed by atoms with Crippen LogP contribution in [0.4, 0.5) is 0 Å².